The van der Waals surface area contributed by atoms with E-state index in [1.165, 1.54) is 11.3 Å². The molecule has 0 aliphatic rings. The normalized spacial score (nSPS) is 10.4. The highest BCUT2D eigenvalue weighted by Gasteiger charge is 2.16. The van der Waals surface area contributed by atoms with E-state index < -0.39 is 0 Å². The van der Waals surface area contributed by atoms with Gasteiger partial charge in [-0.25, -0.2) is 0 Å². The molecule has 0 atom stereocenters. The smallest absolute Gasteiger partial charge is 0.195 e. The van der Waals surface area contributed by atoms with Crippen LogP contribution in [0.3, 0.4) is 0 Å². The Morgan fingerprint density at radius 2 is 1.73 bits per heavy atom. The van der Waals surface area contributed by atoms with Gasteiger partial charge in [0.2, 0.25) is 0 Å². The molecule has 110 valence electrons. The number of anilines is 1. The van der Waals surface area contributed by atoms with Gasteiger partial charge in [-0.15, -0.1) is 11.3 Å². The summed E-state index contributed by atoms with van der Waals surface area (Å²) in [5.41, 5.74) is 8.27. The van der Waals surface area contributed by atoms with E-state index in [1.54, 1.807) is 19.2 Å². The van der Waals surface area contributed by atoms with Crippen molar-refractivity contribution >= 4 is 22.1 Å². The maximum atomic E-state index is 12.5. The summed E-state index contributed by atoms with van der Waals surface area (Å²) in [5, 5.41) is 0.541. The van der Waals surface area contributed by atoms with Crippen molar-refractivity contribution in [3.8, 4) is 16.2 Å². The summed E-state index contributed by atoms with van der Waals surface area (Å²) in [6, 6.07) is 18.7. The number of carbonyl (C=O) groups is 1. The van der Waals surface area contributed by atoms with Gasteiger partial charge < -0.3 is 10.5 Å². The van der Waals surface area contributed by atoms with Gasteiger partial charge in [-0.05, 0) is 35.9 Å². The highest BCUT2D eigenvalue weighted by molar-refractivity contribution is 7.19. The van der Waals surface area contributed by atoms with Crippen LogP contribution < -0.4 is 10.5 Å². The van der Waals surface area contributed by atoms with E-state index in [0.717, 1.165) is 16.2 Å². The van der Waals surface area contributed by atoms with Crippen molar-refractivity contribution in [3.63, 3.8) is 0 Å². The van der Waals surface area contributed by atoms with Crippen LogP contribution in [-0.2, 0) is 0 Å². The van der Waals surface area contributed by atoms with E-state index >= 15 is 0 Å². The summed E-state index contributed by atoms with van der Waals surface area (Å²) in [5.74, 6) is 0.753. The second-order valence-corrected chi connectivity index (χ2v) is 5.90. The summed E-state index contributed by atoms with van der Waals surface area (Å²) >= 11 is 1.42. The Kier molecular flexibility index (Phi) is 3.94. The minimum atomic E-state index is -0.0471. The van der Waals surface area contributed by atoms with Gasteiger partial charge in [0.15, 0.2) is 5.78 Å². The Balaban J connectivity index is 1.95. The highest BCUT2D eigenvalue weighted by atomic mass is 32.1. The first kappa shape index (κ1) is 14.4. The van der Waals surface area contributed by atoms with Crippen LogP contribution in [0.1, 0.15) is 15.9 Å². The van der Waals surface area contributed by atoms with E-state index in [4.69, 9.17) is 10.5 Å². The number of thiophene rings is 1. The summed E-state index contributed by atoms with van der Waals surface area (Å²) in [6.07, 6.45) is 0. The standard InChI is InChI=1S/C18H15NO2S/c1-21-14-9-7-12(8-10-14)16-11-15(18(19)22-16)17(20)13-5-3-2-4-6-13/h2-11H,19H2,1H3. The zero-order chi connectivity index (χ0) is 15.5. The summed E-state index contributed by atoms with van der Waals surface area (Å²) in [7, 11) is 1.63. The number of rotatable bonds is 4. The molecule has 0 fully saturated rings. The number of ether oxygens (including phenoxy) is 1. The van der Waals surface area contributed by atoms with Crippen molar-refractivity contribution in [3.05, 3.63) is 71.8 Å². The minimum absolute atomic E-state index is 0.0471. The zero-order valence-corrected chi connectivity index (χ0v) is 12.9. The third-order valence-electron chi connectivity index (χ3n) is 3.42. The number of hydrogen-bond acceptors (Lipinski definition) is 4. The van der Waals surface area contributed by atoms with E-state index in [9.17, 15) is 4.79 Å². The molecule has 3 nitrogen and oxygen atoms in total. The first-order valence-corrected chi connectivity index (χ1v) is 7.64. The minimum Gasteiger partial charge on any atom is -0.497 e. The van der Waals surface area contributed by atoms with Crippen LogP contribution in [0.25, 0.3) is 10.4 Å². The molecule has 4 heteroatoms. The maximum absolute atomic E-state index is 12.5. The highest BCUT2D eigenvalue weighted by Crippen LogP contribution is 2.35. The SMILES string of the molecule is COc1ccc(-c2cc(C(=O)c3ccccc3)c(N)s2)cc1. The number of methoxy groups -OCH3 is 1. The lowest BCUT2D eigenvalue weighted by atomic mass is 10.0. The number of benzene rings is 2. The van der Waals surface area contributed by atoms with Crippen molar-refractivity contribution in [2.75, 3.05) is 12.8 Å². The molecule has 1 aromatic heterocycles. The summed E-state index contributed by atoms with van der Waals surface area (Å²) in [4.78, 5) is 13.5. The number of carbonyl (C=O) groups excluding carboxylic acids is 1. The molecule has 2 aromatic carbocycles. The first-order valence-electron chi connectivity index (χ1n) is 6.82. The average Bonchev–Trinajstić information content (AvgIpc) is 2.97. The van der Waals surface area contributed by atoms with Crippen LogP contribution in [0.2, 0.25) is 0 Å². The van der Waals surface area contributed by atoms with Gasteiger partial charge in [-0.1, -0.05) is 30.3 Å². The Bertz CT molecular complexity index is 792. The van der Waals surface area contributed by atoms with E-state index in [-0.39, 0.29) is 5.78 Å². The molecular weight excluding hydrogens is 294 g/mol. The van der Waals surface area contributed by atoms with Gasteiger partial charge in [0.05, 0.1) is 17.7 Å². The van der Waals surface area contributed by atoms with Crippen molar-refractivity contribution in [2.24, 2.45) is 0 Å². The number of nitrogen functional groups attached to an aromatic ring is 1. The first-order chi connectivity index (χ1) is 10.7. The molecular formula is C18H15NO2S. The average molecular weight is 309 g/mol. The molecule has 0 amide bonds. The molecule has 0 aliphatic carbocycles. The molecule has 0 unspecified atom stereocenters. The Hall–Kier alpha value is -2.59. The quantitative estimate of drug-likeness (QED) is 0.733. The van der Waals surface area contributed by atoms with E-state index in [0.29, 0.717) is 16.1 Å². The second-order valence-electron chi connectivity index (χ2n) is 4.81. The Labute approximate surface area is 133 Å². The number of hydrogen-bond donors (Lipinski definition) is 1. The second kappa shape index (κ2) is 6.03. The fourth-order valence-electron chi connectivity index (χ4n) is 2.23. The predicted molar refractivity (Wildman–Crippen MR) is 90.6 cm³/mol. The van der Waals surface area contributed by atoms with Crippen LogP contribution in [0.5, 0.6) is 5.75 Å². The molecule has 0 bridgehead atoms. The molecule has 0 radical (unpaired) electrons. The molecule has 22 heavy (non-hydrogen) atoms. The molecule has 3 rings (SSSR count). The topological polar surface area (TPSA) is 52.3 Å². The third kappa shape index (κ3) is 2.73. The maximum Gasteiger partial charge on any atom is 0.195 e. The van der Waals surface area contributed by atoms with Gasteiger partial charge in [-0.2, -0.15) is 0 Å². The molecule has 2 N–H and O–H groups in total. The van der Waals surface area contributed by atoms with E-state index in [1.807, 2.05) is 48.5 Å². The lowest BCUT2D eigenvalue weighted by Gasteiger charge is -2.00. The van der Waals surface area contributed by atoms with Crippen LogP contribution in [0.15, 0.2) is 60.7 Å². The lowest BCUT2D eigenvalue weighted by Crippen LogP contribution is -2.01. The van der Waals surface area contributed by atoms with Crippen LogP contribution >= 0.6 is 11.3 Å². The third-order valence-corrected chi connectivity index (χ3v) is 4.43. The van der Waals surface area contributed by atoms with Gasteiger partial charge in [-0.3, -0.25) is 4.79 Å². The van der Waals surface area contributed by atoms with Crippen LogP contribution in [-0.4, -0.2) is 12.9 Å². The zero-order valence-electron chi connectivity index (χ0n) is 12.1. The number of nitrogens with two attached hydrogens (primary N) is 1. The van der Waals surface area contributed by atoms with Crippen molar-refractivity contribution in [1.82, 2.24) is 0 Å². The molecule has 1 heterocycles. The van der Waals surface area contributed by atoms with Crippen LogP contribution in [0, 0.1) is 0 Å². The fourth-order valence-corrected chi connectivity index (χ4v) is 3.15. The largest absolute Gasteiger partial charge is 0.497 e. The summed E-state index contributed by atoms with van der Waals surface area (Å²) in [6.45, 7) is 0. The van der Waals surface area contributed by atoms with Crippen molar-refractivity contribution in [1.29, 1.82) is 0 Å². The van der Waals surface area contributed by atoms with Gasteiger partial charge in [0.1, 0.15) is 5.75 Å². The van der Waals surface area contributed by atoms with Crippen molar-refractivity contribution < 1.29 is 9.53 Å². The Morgan fingerprint density at radius 3 is 2.36 bits per heavy atom. The van der Waals surface area contributed by atoms with Crippen molar-refractivity contribution in [2.45, 2.75) is 0 Å². The van der Waals surface area contributed by atoms with Crippen LogP contribution in [0.4, 0.5) is 5.00 Å². The van der Waals surface area contributed by atoms with Gasteiger partial charge >= 0.3 is 0 Å². The molecule has 0 aliphatic heterocycles. The Morgan fingerprint density at radius 1 is 1.05 bits per heavy atom. The van der Waals surface area contributed by atoms with Gasteiger partial charge in [0, 0.05) is 10.4 Å². The van der Waals surface area contributed by atoms with E-state index in [2.05, 4.69) is 0 Å². The van der Waals surface area contributed by atoms with Gasteiger partial charge in [0.25, 0.3) is 0 Å². The monoisotopic (exact) mass is 309 g/mol. The molecule has 0 saturated heterocycles. The summed E-state index contributed by atoms with van der Waals surface area (Å²) < 4.78 is 5.15. The fraction of sp³-hybridized carbons (Fsp3) is 0.0556. The molecule has 0 saturated carbocycles. The number of ketones is 1. The molecule has 0 spiro atoms. The predicted octanol–water partition coefficient (Wildman–Crippen LogP) is 4.24. The lowest BCUT2D eigenvalue weighted by molar-refractivity contribution is 0.104. The molecule has 3 aromatic rings.